The van der Waals surface area contributed by atoms with Crippen LogP contribution in [0.15, 0.2) is 73.3 Å². The SMILES string of the molecule is COc1cc(NC(=O)C[n+]2cc(CONCCSCCNC(=O)c3cc(C(N)=O)c[n+](CC(=O)Nc4ccc(NNC(=O)C(=O)NCCCN5CCOCC5)c(OC)c4)c3)cc(C(N)=O)c2)ccc1NNC(=O)C(=O)NCCCN1CCOCC1. The number of primary amides is 2. The number of hydrogen-bond acceptors (Lipinski definition) is 20. The van der Waals surface area contributed by atoms with Gasteiger partial charge >= 0.3 is 23.6 Å². The lowest BCUT2D eigenvalue weighted by Crippen LogP contribution is -2.43. The van der Waals surface area contributed by atoms with Gasteiger partial charge in [-0.25, -0.2) is 5.48 Å². The minimum atomic E-state index is -0.907. The molecule has 14 N–H and O–H groups in total. The number of amides is 9. The highest BCUT2D eigenvalue weighted by Gasteiger charge is 2.22. The van der Waals surface area contributed by atoms with Gasteiger partial charge in [-0.2, -0.15) is 20.9 Å². The van der Waals surface area contributed by atoms with Crippen molar-refractivity contribution in [2.75, 3.05) is 139 Å². The molecule has 0 radical (unpaired) electrons. The molecule has 9 amide bonds. The second-order valence-corrected chi connectivity index (χ2v) is 20.3. The number of aromatic nitrogens is 2. The molecule has 0 aliphatic carbocycles. The fourth-order valence-electron chi connectivity index (χ4n) is 8.41. The number of nitrogens with two attached hydrogens (primary N) is 2. The predicted molar refractivity (Wildman–Crippen MR) is 309 cm³/mol. The number of anilines is 4. The Balaban J connectivity index is 0.869. The first-order valence-corrected chi connectivity index (χ1v) is 28.3. The normalized spacial score (nSPS) is 13.3. The molecule has 4 heterocycles. The topological polar surface area (TPSA) is 386 Å². The molecule has 0 saturated carbocycles. The van der Waals surface area contributed by atoms with Crippen LogP contribution in [0, 0.1) is 0 Å². The molecule has 2 aliphatic heterocycles. The standard InChI is InChI=1S/C54H72N16O14S/c1-80-44-27-40(5-7-42(44)63-65-53(78)51(76)57-9-3-13-67-15-19-82-20-16-67)61-46(71)33-69-29-36(25-37(30-69)48(55)73)35-84-60-12-24-85-23-11-59-50(75)39-26-38(49(56)74)31-70(32-39)34-47(72)62-41-6-8-43(45(28-41)81-2)64-66-54(79)52(77)58-10-4-14-68-17-21-83-22-18-68/h5-8,25-32,60H,3-4,9-24,33-35H2,1-2H3,(H11-2,55,56,57,58,59,61,62,63,64,65,66,71,72,73,74,75,76,77,78,79)/p+2. The van der Waals surface area contributed by atoms with Gasteiger partial charge in [-0.1, -0.05) is 0 Å². The van der Waals surface area contributed by atoms with Gasteiger partial charge in [-0.3, -0.25) is 79.5 Å². The predicted octanol–water partition coefficient (Wildman–Crippen LogP) is -2.50. The van der Waals surface area contributed by atoms with Crippen molar-refractivity contribution >= 4 is 87.7 Å². The van der Waals surface area contributed by atoms with Crippen LogP contribution in [0.25, 0.3) is 0 Å². The lowest BCUT2D eigenvalue weighted by molar-refractivity contribution is -0.684. The number of hydrazine groups is 2. The third-order valence-electron chi connectivity index (χ3n) is 12.7. The van der Waals surface area contributed by atoms with Crippen molar-refractivity contribution in [2.45, 2.75) is 32.5 Å². The van der Waals surface area contributed by atoms with Gasteiger partial charge < -0.3 is 57.0 Å². The summed E-state index contributed by atoms with van der Waals surface area (Å²) in [7, 11) is 2.79. The summed E-state index contributed by atoms with van der Waals surface area (Å²) in [5.41, 5.74) is 26.1. The molecule has 0 atom stereocenters. The van der Waals surface area contributed by atoms with Crippen molar-refractivity contribution < 1.29 is 76.1 Å². The van der Waals surface area contributed by atoms with E-state index in [-0.39, 0.29) is 54.4 Å². The second kappa shape index (κ2) is 34.8. The molecule has 85 heavy (non-hydrogen) atoms. The van der Waals surface area contributed by atoms with Crippen LogP contribution < -0.4 is 83.8 Å². The summed E-state index contributed by atoms with van der Waals surface area (Å²) < 4.78 is 24.4. The molecule has 31 heteroatoms. The Bertz CT molecular complexity index is 2980. The van der Waals surface area contributed by atoms with Crippen LogP contribution in [0.5, 0.6) is 11.5 Å². The van der Waals surface area contributed by atoms with Gasteiger partial charge in [0, 0.05) is 92.9 Å². The van der Waals surface area contributed by atoms with Gasteiger partial charge in [-0.15, -0.1) is 0 Å². The van der Waals surface area contributed by atoms with Crippen molar-refractivity contribution in [3.05, 3.63) is 95.6 Å². The summed E-state index contributed by atoms with van der Waals surface area (Å²) in [6.07, 6.45) is 7.17. The van der Waals surface area contributed by atoms with Crippen LogP contribution in [-0.4, -0.2) is 181 Å². The van der Waals surface area contributed by atoms with Crippen molar-refractivity contribution in [2.24, 2.45) is 11.5 Å². The van der Waals surface area contributed by atoms with Crippen LogP contribution in [0.1, 0.15) is 49.5 Å². The smallest absolute Gasteiger partial charge is 0.327 e. The molecule has 6 rings (SSSR count). The fraction of sp³-hybridized carbons (Fsp3) is 0.426. The van der Waals surface area contributed by atoms with E-state index in [0.717, 1.165) is 39.3 Å². The van der Waals surface area contributed by atoms with E-state index in [9.17, 15) is 43.2 Å². The fourth-order valence-corrected chi connectivity index (χ4v) is 9.09. The number of benzene rings is 2. The average Bonchev–Trinajstić information content (AvgIpc) is 3.68. The summed E-state index contributed by atoms with van der Waals surface area (Å²) in [4.78, 5) is 124. The number of rotatable bonds is 32. The van der Waals surface area contributed by atoms with Crippen LogP contribution >= 0.6 is 11.8 Å². The number of hydrogen-bond donors (Lipinski definition) is 12. The van der Waals surface area contributed by atoms with E-state index >= 15 is 0 Å². The molecule has 4 aromatic rings. The van der Waals surface area contributed by atoms with Crippen LogP contribution in [-0.2, 0) is 62.8 Å². The summed E-state index contributed by atoms with van der Waals surface area (Å²) in [6.45, 7) is 8.37. The third-order valence-corrected chi connectivity index (χ3v) is 13.7. The summed E-state index contributed by atoms with van der Waals surface area (Å²) >= 11 is 1.51. The van der Waals surface area contributed by atoms with E-state index in [4.69, 9.17) is 35.3 Å². The van der Waals surface area contributed by atoms with Crippen LogP contribution in [0.4, 0.5) is 22.7 Å². The zero-order chi connectivity index (χ0) is 60.9. The summed E-state index contributed by atoms with van der Waals surface area (Å²) in [5, 5.41) is 13.5. The van der Waals surface area contributed by atoms with E-state index in [1.165, 1.54) is 84.0 Å². The number of nitrogens with zero attached hydrogens (tertiary/aromatic N) is 4. The summed E-state index contributed by atoms with van der Waals surface area (Å²) in [6, 6.07) is 12.0. The van der Waals surface area contributed by atoms with E-state index in [0.29, 0.717) is 98.7 Å². The number of methoxy groups -OCH3 is 2. The van der Waals surface area contributed by atoms with Gasteiger partial charge in [-0.05, 0) is 62.3 Å². The Hall–Kier alpha value is -8.72. The molecule has 0 spiro atoms. The van der Waals surface area contributed by atoms with E-state index in [1.54, 1.807) is 24.4 Å². The molecule has 2 fully saturated rings. The lowest BCUT2D eigenvalue weighted by Gasteiger charge is -2.26. The Morgan fingerprint density at radius 1 is 0.565 bits per heavy atom. The Morgan fingerprint density at radius 3 is 1.53 bits per heavy atom. The Labute approximate surface area is 494 Å². The highest BCUT2D eigenvalue weighted by molar-refractivity contribution is 7.99. The maximum absolute atomic E-state index is 13.2. The minimum Gasteiger partial charge on any atom is -0.494 e. The van der Waals surface area contributed by atoms with Gasteiger partial charge in [0.1, 0.15) is 28.2 Å². The number of carbonyl (C=O) groups is 9. The first-order chi connectivity index (χ1) is 41.1. The third kappa shape index (κ3) is 22.8. The van der Waals surface area contributed by atoms with Crippen LogP contribution in [0.2, 0.25) is 0 Å². The molecule has 458 valence electrons. The van der Waals surface area contributed by atoms with E-state index in [1.807, 2.05) is 0 Å². The molecule has 2 aromatic carbocycles. The summed E-state index contributed by atoms with van der Waals surface area (Å²) in [5.74, 6) is -4.85. The molecule has 0 unspecified atom stereocenters. The zero-order valence-corrected chi connectivity index (χ0v) is 48.2. The number of thioether (sulfide) groups is 1. The second-order valence-electron chi connectivity index (χ2n) is 19.1. The molecule has 2 aromatic heterocycles. The van der Waals surface area contributed by atoms with Crippen molar-refractivity contribution in [3.63, 3.8) is 0 Å². The van der Waals surface area contributed by atoms with Gasteiger partial charge in [0.15, 0.2) is 24.8 Å². The quantitative estimate of drug-likeness (QED) is 0.0104. The molecule has 2 saturated heterocycles. The highest BCUT2D eigenvalue weighted by atomic mass is 32.2. The van der Waals surface area contributed by atoms with Crippen LogP contribution in [0.3, 0.4) is 0 Å². The minimum absolute atomic E-state index is 0.00151. The number of morpholine rings is 2. The maximum atomic E-state index is 13.2. The largest absolute Gasteiger partial charge is 0.494 e. The average molecular weight is 1200 g/mol. The van der Waals surface area contributed by atoms with Gasteiger partial charge in [0.25, 0.3) is 29.5 Å². The van der Waals surface area contributed by atoms with Crippen molar-refractivity contribution in [1.29, 1.82) is 0 Å². The first-order valence-electron chi connectivity index (χ1n) is 27.2. The highest BCUT2D eigenvalue weighted by Crippen LogP contribution is 2.28. The lowest BCUT2D eigenvalue weighted by atomic mass is 10.2. The van der Waals surface area contributed by atoms with E-state index in [2.05, 4.69) is 63.6 Å². The Morgan fingerprint density at radius 2 is 1.04 bits per heavy atom. The van der Waals surface area contributed by atoms with Crippen molar-refractivity contribution in [3.8, 4) is 11.5 Å². The number of ether oxygens (including phenoxy) is 4. The van der Waals surface area contributed by atoms with Crippen molar-refractivity contribution in [1.82, 2.24) is 42.1 Å². The Kier molecular flexibility index (Phi) is 26.8. The maximum Gasteiger partial charge on any atom is 0.327 e. The molecule has 2 aliphatic rings. The molecular weight excluding hydrogens is 1130 g/mol. The monoisotopic (exact) mass is 1200 g/mol. The number of nitrogens with one attached hydrogen (secondary N) is 10. The number of carbonyl (C=O) groups excluding carboxylic acids is 9. The zero-order valence-electron chi connectivity index (χ0n) is 47.3. The molecule has 30 nitrogen and oxygen atoms in total. The number of pyridine rings is 2. The molecule has 0 bridgehead atoms. The van der Waals surface area contributed by atoms with Gasteiger partial charge in [0.05, 0.1) is 58.6 Å². The van der Waals surface area contributed by atoms with E-state index < -0.39 is 53.2 Å². The van der Waals surface area contributed by atoms with Gasteiger partial charge in [0.2, 0.25) is 13.1 Å². The number of hydroxylamine groups is 1. The first kappa shape index (κ1) is 65.4. The molecular formula is C54H74N16O14S+2.